The van der Waals surface area contributed by atoms with Crippen molar-refractivity contribution in [1.82, 2.24) is 15.0 Å². The number of carbonyl (C=O) groups is 1. The Morgan fingerprint density at radius 2 is 1.82 bits per heavy atom. The molecule has 0 unspecified atom stereocenters. The fraction of sp³-hybridized carbons (Fsp3) is 0.429. The van der Waals surface area contributed by atoms with Gasteiger partial charge in [-0.1, -0.05) is 0 Å². The van der Waals surface area contributed by atoms with Crippen molar-refractivity contribution >= 4 is 38.8 Å². The molecule has 1 aliphatic heterocycles. The van der Waals surface area contributed by atoms with Crippen LogP contribution >= 0.6 is 0 Å². The van der Waals surface area contributed by atoms with Crippen molar-refractivity contribution in [2.24, 2.45) is 5.92 Å². The topological polar surface area (TPSA) is 136 Å². The molecule has 1 aliphatic carbocycles. The number of aromatic nitrogens is 3. The van der Waals surface area contributed by atoms with Gasteiger partial charge in [-0.15, -0.1) is 0 Å². The van der Waals surface area contributed by atoms with E-state index in [0.717, 1.165) is 37.9 Å². The van der Waals surface area contributed by atoms with Crippen LogP contribution in [-0.4, -0.2) is 67.4 Å². The number of carbonyl (C=O) groups excluding carboxylic acids is 1. The van der Waals surface area contributed by atoms with Crippen LogP contribution in [0.25, 0.3) is 11.3 Å². The quantitative estimate of drug-likeness (QED) is 0.390. The van der Waals surface area contributed by atoms with Gasteiger partial charge in [0.05, 0.1) is 42.1 Å². The second kappa shape index (κ2) is 11.4. The zero-order valence-corrected chi connectivity index (χ0v) is 23.9. The first-order chi connectivity index (χ1) is 19.0. The van der Waals surface area contributed by atoms with Crippen LogP contribution in [0.4, 0.5) is 23.0 Å². The van der Waals surface area contributed by atoms with Gasteiger partial charge in [-0.05, 0) is 44.7 Å². The van der Waals surface area contributed by atoms with Gasteiger partial charge >= 0.3 is 0 Å². The lowest BCUT2D eigenvalue weighted by Crippen LogP contribution is -2.45. The number of morpholine rings is 1. The van der Waals surface area contributed by atoms with E-state index >= 15 is 0 Å². The smallest absolute Gasteiger partial charge is 0.222 e. The Morgan fingerprint density at radius 3 is 2.45 bits per heavy atom. The molecular weight excluding hydrogens is 532 g/mol. The summed E-state index contributed by atoms with van der Waals surface area (Å²) in [5.41, 5.74) is 2.82. The molecule has 0 spiro atoms. The van der Waals surface area contributed by atoms with Gasteiger partial charge in [0.25, 0.3) is 0 Å². The number of amides is 1. The van der Waals surface area contributed by atoms with Crippen molar-refractivity contribution in [3.05, 3.63) is 42.7 Å². The molecule has 0 radical (unpaired) electrons. The SMILES string of the molecule is CC(=O)Nc1cc(Nc2cc(OCC3CC3)cc(S(C)(=O)=O)n2)c(-c2ccc(N3C[C@@H](C)O[C@@H](C)C3)cn2)cn1. The fourth-order valence-electron chi connectivity index (χ4n) is 4.59. The van der Waals surface area contributed by atoms with E-state index in [-0.39, 0.29) is 29.0 Å². The summed E-state index contributed by atoms with van der Waals surface area (Å²) in [4.78, 5) is 27.4. The second-order valence-corrected chi connectivity index (χ2v) is 12.5. The van der Waals surface area contributed by atoms with Crippen LogP contribution in [0.3, 0.4) is 0 Å². The zero-order valence-electron chi connectivity index (χ0n) is 23.0. The van der Waals surface area contributed by atoms with E-state index in [4.69, 9.17) is 14.5 Å². The highest BCUT2D eigenvalue weighted by Crippen LogP contribution is 2.34. The Kier molecular flexibility index (Phi) is 7.90. The van der Waals surface area contributed by atoms with Gasteiger partial charge in [-0.25, -0.2) is 18.4 Å². The Labute approximate surface area is 234 Å². The van der Waals surface area contributed by atoms with Gasteiger partial charge in [0.15, 0.2) is 14.9 Å². The van der Waals surface area contributed by atoms with E-state index in [9.17, 15) is 13.2 Å². The maximum Gasteiger partial charge on any atom is 0.222 e. The van der Waals surface area contributed by atoms with Gasteiger partial charge in [-0.2, -0.15) is 0 Å². The van der Waals surface area contributed by atoms with E-state index in [1.54, 1.807) is 18.3 Å². The second-order valence-electron chi connectivity index (χ2n) is 10.5. The number of nitrogens with zero attached hydrogens (tertiary/aromatic N) is 4. The van der Waals surface area contributed by atoms with E-state index in [2.05, 4.69) is 39.3 Å². The number of hydrogen-bond donors (Lipinski definition) is 2. The first-order valence-electron chi connectivity index (χ1n) is 13.3. The molecule has 1 saturated carbocycles. The van der Waals surface area contributed by atoms with Gasteiger partial charge in [-0.3, -0.25) is 9.78 Å². The van der Waals surface area contributed by atoms with E-state index in [0.29, 0.717) is 41.0 Å². The highest BCUT2D eigenvalue weighted by Gasteiger charge is 2.24. The number of anilines is 4. The van der Waals surface area contributed by atoms with Crippen molar-refractivity contribution < 1.29 is 22.7 Å². The van der Waals surface area contributed by atoms with Crippen LogP contribution in [0, 0.1) is 5.92 Å². The normalized spacial score (nSPS) is 19.2. The highest BCUT2D eigenvalue weighted by atomic mass is 32.2. The van der Waals surface area contributed by atoms with Crippen molar-refractivity contribution in [3.63, 3.8) is 0 Å². The molecule has 1 saturated heterocycles. The minimum absolute atomic E-state index is 0.0996. The third-order valence-electron chi connectivity index (χ3n) is 6.62. The number of ether oxygens (including phenoxy) is 2. The van der Waals surface area contributed by atoms with Crippen molar-refractivity contribution in [2.75, 3.05) is 41.5 Å². The average Bonchev–Trinajstić information content (AvgIpc) is 3.71. The van der Waals surface area contributed by atoms with Gasteiger partial charge in [0.2, 0.25) is 5.91 Å². The average molecular weight is 567 g/mol. The molecule has 2 aliphatic rings. The summed E-state index contributed by atoms with van der Waals surface area (Å²) in [5.74, 6) is 1.25. The maximum atomic E-state index is 12.4. The van der Waals surface area contributed by atoms with Crippen molar-refractivity contribution in [1.29, 1.82) is 0 Å². The summed E-state index contributed by atoms with van der Waals surface area (Å²) in [7, 11) is -3.60. The summed E-state index contributed by atoms with van der Waals surface area (Å²) >= 11 is 0. The first kappa shape index (κ1) is 27.8. The molecule has 2 N–H and O–H groups in total. The summed E-state index contributed by atoms with van der Waals surface area (Å²) < 4.78 is 36.5. The van der Waals surface area contributed by atoms with Crippen molar-refractivity contribution in [3.8, 4) is 17.0 Å². The molecule has 212 valence electrons. The van der Waals surface area contributed by atoms with Crippen LogP contribution in [0.5, 0.6) is 5.75 Å². The van der Waals surface area contributed by atoms with Crippen LogP contribution in [0.2, 0.25) is 0 Å². The maximum absolute atomic E-state index is 12.4. The molecule has 11 nitrogen and oxygen atoms in total. The number of pyridine rings is 3. The molecule has 12 heteroatoms. The van der Waals surface area contributed by atoms with Gasteiger partial charge in [0.1, 0.15) is 17.4 Å². The lowest BCUT2D eigenvalue weighted by Gasteiger charge is -2.36. The van der Waals surface area contributed by atoms with Crippen molar-refractivity contribution in [2.45, 2.75) is 50.8 Å². The number of sulfone groups is 1. The minimum atomic E-state index is -3.60. The molecule has 0 aromatic carbocycles. The van der Waals surface area contributed by atoms with Gasteiger partial charge in [0, 0.05) is 56.2 Å². The number of nitrogens with one attached hydrogen (secondary N) is 2. The van der Waals surface area contributed by atoms with E-state index in [1.165, 1.54) is 13.0 Å². The number of rotatable bonds is 9. The molecule has 1 amide bonds. The molecule has 3 aromatic rings. The fourth-order valence-corrected chi connectivity index (χ4v) is 5.18. The lowest BCUT2D eigenvalue weighted by molar-refractivity contribution is -0.114. The molecule has 4 heterocycles. The predicted molar refractivity (Wildman–Crippen MR) is 153 cm³/mol. The number of hydrogen-bond acceptors (Lipinski definition) is 10. The predicted octanol–water partition coefficient (Wildman–Crippen LogP) is 4.05. The monoisotopic (exact) mass is 566 g/mol. The molecular formula is C28H34N6O5S. The molecule has 0 bridgehead atoms. The summed E-state index contributed by atoms with van der Waals surface area (Å²) in [6.45, 7) is 7.59. The molecule has 2 atom stereocenters. The standard InChI is InChI=1S/C28H34N6O5S/c1-17-14-34(15-18(2)39-17)21-7-8-24(29-12-21)23-13-30-26(31-19(3)35)11-25(23)32-27-9-22(38-16-20-5-6-20)10-28(33-27)40(4,36)37/h7-13,17-18,20H,5-6,14-16H2,1-4H3,(H2,30,31,32,33,35)/t17-,18+. The third-order valence-corrected chi connectivity index (χ3v) is 7.59. The van der Waals surface area contributed by atoms with E-state index in [1.807, 2.05) is 18.3 Å². The Hall–Kier alpha value is -3.77. The molecule has 2 fully saturated rings. The Morgan fingerprint density at radius 1 is 1.07 bits per heavy atom. The zero-order chi connectivity index (χ0) is 28.4. The lowest BCUT2D eigenvalue weighted by atomic mass is 10.1. The minimum Gasteiger partial charge on any atom is -0.493 e. The largest absolute Gasteiger partial charge is 0.493 e. The van der Waals surface area contributed by atoms with Crippen LogP contribution in [0.1, 0.15) is 33.6 Å². The highest BCUT2D eigenvalue weighted by molar-refractivity contribution is 7.90. The Balaban J connectivity index is 1.48. The molecule has 5 rings (SSSR count). The third kappa shape index (κ3) is 7.05. The summed E-state index contributed by atoms with van der Waals surface area (Å²) in [6.07, 6.45) is 7.00. The summed E-state index contributed by atoms with van der Waals surface area (Å²) in [6, 6.07) is 8.68. The Bertz CT molecular complexity index is 1480. The first-order valence-corrected chi connectivity index (χ1v) is 15.2. The van der Waals surface area contributed by atoms with Crippen LogP contribution < -0.4 is 20.3 Å². The van der Waals surface area contributed by atoms with Crippen LogP contribution in [-0.2, 0) is 19.4 Å². The summed E-state index contributed by atoms with van der Waals surface area (Å²) in [5, 5.41) is 5.80. The van der Waals surface area contributed by atoms with Crippen LogP contribution in [0.15, 0.2) is 47.8 Å². The van der Waals surface area contributed by atoms with Gasteiger partial charge < -0.3 is 25.0 Å². The van der Waals surface area contributed by atoms with E-state index < -0.39 is 9.84 Å². The molecule has 3 aromatic heterocycles. The molecule has 40 heavy (non-hydrogen) atoms.